The number of benzene rings is 2. The molecule has 0 saturated heterocycles. The number of H-pyrrole nitrogens is 2. The minimum absolute atomic E-state index is 0.110. The number of hydrogen-bond donors (Lipinski definition) is 3. The molecule has 0 bridgehead atoms. The van der Waals surface area contributed by atoms with Crippen LogP contribution in [0.15, 0.2) is 75.7 Å². The lowest BCUT2D eigenvalue weighted by Gasteiger charge is -2.17. The standard InChI is InChI=1S/C27H26FN7O4S/c1-34-14-22(29-15-34)40(38,39)33-19-10-8-17(9-11-19)20(12-18-4-2-3-5-21(18)28)24-30-23-25(31-24)35(13-16-6-7-16)27(37)32-26(23)36/h2-5,8-11,14-16,20,33H,6-7,12-13H2,1H3,(H,30,31)(H,32,36,37). The highest BCUT2D eigenvalue weighted by Gasteiger charge is 2.27. The van der Waals surface area contributed by atoms with Crippen molar-refractivity contribution in [2.24, 2.45) is 13.0 Å². The number of halogens is 1. The van der Waals surface area contributed by atoms with Crippen LogP contribution in [0.3, 0.4) is 0 Å². The van der Waals surface area contributed by atoms with Gasteiger partial charge < -0.3 is 9.55 Å². The predicted molar refractivity (Wildman–Crippen MR) is 146 cm³/mol. The molecule has 1 saturated carbocycles. The highest BCUT2D eigenvalue weighted by Crippen LogP contribution is 2.32. The van der Waals surface area contributed by atoms with Gasteiger partial charge in [0.2, 0.25) is 0 Å². The average Bonchev–Trinajstić information content (AvgIpc) is 3.44. The van der Waals surface area contributed by atoms with Gasteiger partial charge in [0.05, 0.1) is 6.33 Å². The molecular formula is C27H26FN7O4S. The fraction of sp³-hybridized carbons (Fsp3) is 0.259. The number of fused-ring (bicyclic) bond motifs is 1. The number of aromatic nitrogens is 6. The summed E-state index contributed by atoms with van der Waals surface area (Å²) in [5, 5.41) is -0.110. The van der Waals surface area contributed by atoms with Gasteiger partial charge in [0.25, 0.3) is 15.6 Å². The quantitative estimate of drug-likeness (QED) is 0.251. The fourth-order valence-corrected chi connectivity index (χ4v) is 5.77. The molecule has 40 heavy (non-hydrogen) atoms. The molecule has 1 fully saturated rings. The fourth-order valence-electron chi connectivity index (χ4n) is 4.73. The van der Waals surface area contributed by atoms with Crippen LogP contribution in [-0.4, -0.2) is 37.5 Å². The summed E-state index contributed by atoms with van der Waals surface area (Å²) in [4.78, 5) is 39.3. The van der Waals surface area contributed by atoms with Crippen LogP contribution in [0, 0.1) is 11.7 Å². The van der Waals surface area contributed by atoms with E-state index in [1.54, 1.807) is 49.5 Å². The summed E-state index contributed by atoms with van der Waals surface area (Å²) < 4.78 is 45.6. The first kappa shape index (κ1) is 25.7. The van der Waals surface area contributed by atoms with Crippen molar-refractivity contribution in [3.63, 3.8) is 0 Å². The Kier molecular flexibility index (Phi) is 6.37. The van der Waals surface area contributed by atoms with Gasteiger partial charge in [0.15, 0.2) is 10.7 Å². The van der Waals surface area contributed by atoms with Crippen molar-refractivity contribution in [2.75, 3.05) is 4.72 Å². The van der Waals surface area contributed by atoms with Crippen molar-refractivity contribution in [2.45, 2.75) is 36.8 Å². The SMILES string of the molecule is Cn1cnc(S(=O)(=O)Nc2ccc(C(Cc3ccccc3F)c3nc4c([nH]3)c(=O)[nH]c(=O)n4CC3CC3)cc2)c1. The van der Waals surface area contributed by atoms with Crippen LogP contribution in [0.1, 0.15) is 35.7 Å². The van der Waals surface area contributed by atoms with Crippen molar-refractivity contribution < 1.29 is 12.8 Å². The first-order chi connectivity index (χ1) is 19.2. The van der Waals surface area contributed by atoms with E-state index in [0.717, 1.165) is 12.8 Å². The Morgan fingerprint density at radius 3 is 2.52 bits per heavy atom. The summed E-state index contributed by atoms with van der Waals surface area (Å²) >= 11 is 0. The minimum Gasteiger partial charge on any atom is -0.339 e. The van der Waals surface area contributed by atoms with Crippen LogP contribution < -0.4 is 16.0 Å². The number of aryl methyl sites for hydroxylation is 1. The molecule has 13 heteroatoms. The van der Waals surface area contributed by atoms with Crippen molar-refractivity contribution in [3.8, 4) is 0 Å². The van der Waals surface area contributed by atoms with Gasteiger partial charge in [0, 0.05) is 31.4 Å². The second-order valence-corrected chi connectivity index (χ2v) is 11.7. The zero-order valence-electron chi connectivity index (χ0n) is 21.5. The lowest BCUT2D eigenvalue weighted by molar-refractivity contribution is 0.596. The minimum atomic E-state index is -3.89. The van der Waals surface area contributed by atoms with E-state index in [-0.39, 0.29) is 28.4 Å². The van der Waals surface area contributed by atoms with E-state index in [0.29, 0.717) is 35.1 Å². The van der Waals surface area contributed by atoms with E-state index in [2.05, 4.69) is 24.7 Å². The third kappa shape index (κ3) is 5.07. The topological polar surface area (TPSA) is 148 Å². The Hall–Kier alpha value is -4.52. The molecule has 1 aliphatic rings. The Morgan fingerprint density at radius 2 is 1.85 bits per heavy atom. The van der Waals surface area contributed by atoms with Gasteiger partial charge in [-0.25, -0.2) is 19.2 Å². The molecule has 1 atom stereocenters. The Bertz CT molecular complexity index is 1940. The molecule has 11 nitrogen and oxygen atoms in total. The number of nitrogens with one attached hydrogen (secondary N) is 3. The van der Waals surface area contributed by atoms with Gasteiger partial charge in [-0.15, -0.1) is 0 Å². The number of aromatic amines is 2. The molecule has 0 spiro atoms. The van der Waals surface area contributed by atoms with E-state index in [4.69, 9.17) is 0 Å². The van der Waals surface area contributed by atoms with E-state index in [9.17, 15) is 22.4 Å². The van der Waals surface area contributed by atoms with E-state index in [1.165, 1.54) is 27.7 Å². The molecule has 1 unspecified atom stereocenters. The first-order valence-corrected chi connectivity index (χ1v) is 14.2. The molecule has 3 aromatic heterocycles. The maximum atomic E-state index is 14.7. The van der Waals surface area contributed by atoms with E-state index >= 15 is 0 Å². The molecule has 0 amide bonds. The van der Waals surface area contributed by atoms with Crippen LogP contribution in [0.5, 0.6) is 0 Å². The smallest absolute Gasteiger partial charge is 0.330 e. The summed E-state index contributed by atoms with van der Waals surface area (Å²) in [5.41, 5.74) is 0.806. The first-order valence-electron chi connectivity index (χ1n) is 12.7. The summed E-state index contributed by atoms with van der Waals surface area (Å²) in [6.45, 7) is 0.458. The lowest BCUT2D eigenvalue weighted by atomic mass is 9.91. The third-order valence-corrected chi connectivity index (χ3v) is 8.29. The highest BCUT2D eigenvalue weighted by molar-refractivity contribution is 7.92. The highest BCUT2D eigenvalue weighted by atomic mass is 32.2. The maximum Gasteiger partial charge on any atom is 0.330 e. The number of nitrogens with zero attached hydrogens (tertiary/aromatic N) is 4. The van der Waals surface area contributed by atoms with Gasteiger partial charge >= 0.3 is 5.69 Å². The molecule has 2 aromatic carbocycles. The summed E-state index contributed by atoms with van der Waals surface area (Å²) in [5.74, 6) is -0.161. The number of sulfonamides is 1. The second-order valence-electron chi connectivity index (χ2n) is 10.1. The third-order valence-electron chi connectivity index (χ3n) is 7.02. The Labute approximate surface area is 227 Å². The maximum absolute atomic E-state index is 14.7. The zero-order valence-corrected chi connectivity index (χ0v) is 22.3. The van der Waals surface area contributed by atoms with E-state index in [1.807, 2.05) is 0 Å². The largest absolute Gasteiger partial charge is 0.339 e. The lowest BCUT2D eigenvalue weighted by Crippen LogP contribution is -2.30. The van der Waals surface area contributed by atoms with Crippen LogP contribution in [-0.2, 0) is 30.0 Å². The molecule has 6 rings (SSSR count). The van der Waals surface area contributed by atoms with Crippen molar-refractivity contribution in [1.29, 1.82) is 0 Å². The summed E-state index contributed by atoms with van der Waals surface area (Å²) in [6.07, 6.45) is 5.02. The van der Waals surface area contributed by atoms with Gasteiger partial charge in [-0.1, -0.05) is 30.3 Å². The zero-order chi connectivity index (χ0) is 28.0. The molecule has 3 heterocycles. The average molecular weight is 564 g/mol. The number of anilines is 1. The molecule has 0 radical (unpaired) electrons. The second kappa shape index (κ2) is 9.90. The number of hydrogen-bond acceptors (Lipinski definition) is 6. The predicted octanol–water partition coefficient (Wildman–Crippen LogP) is 2.87. The molecule has 3 N–H and O–H groups in total. The monoisotopic (exact) mass is 563 g/mol. The summed E-state index contributed by atoms with van der Waals surface area (Å²) in [7, 11) is -2.21. The number of rotatable bonds is 9. The van der Waals surface area contributed by atoms with Gasteiger partial charge in [-0.05, 0) is 54.5 Å². The van der Waals surface area contributed by atoms with Crippen LogP contribution in [0.2, 0.25) is 0 Å². The normalized spacial score (nSPS) is 14.4. The molecule has 1 aliphatic carbocycles. The van der Waals surface area contributed by atoms with Crippen LogP contribution in [0.25, 0.3) is 11.2 Å². The molecular weight excluding hydrogens is 537 g/mol. The number of imidazole rings is 2. The van der Waals surface area contributed by atoms with Crippen molar-refractivity contribution in [3.05, 3.63) is 105 Å². The Morgan fingerprint density at radius 1 is 1.10 bits per heavy atom. The van der Waals surface area contributed by atoms with Gasteiger partial charge in [-0.3, -0.25) is 19.1 Å². The molecule has 206 valence electrons. The van der Waals surface area contributed by atoms with Crippen LogP contribution >= 0.6 is 0 Å². The molecule has 0 aliphatic heterocycles. The summed E-state index contributed by atoms with van der Waals surface area (Å²) in [6, 6.07) is 13.0. The van der Waals surface area contributed by atoms with E-state index < -0.39 is 27.2 Å². The van der Waals surface area contributed by atoms with Crippen LogP contribution in [0.4, 0.5) is 10.1 Å². The molecule has 5 aromatic rings. The Balaban J connectivity index is 1.39. The van der Waals surface area contributed by atoms with Gasteiger partial charge in [0.1, 0.15) is 17.2 Å². The van der Waals surface area contributed by atoms with Crippen molar-refractivity contribution in [1.82, 2.24) is 29.1 Å². The van der Waals surface area contributed by atoms with Gasteiger partial charge in [-0.2, -0.15) is 8.42 Å². The van der Waals surface area contributed by atoms with Crippen molar-refractivity contribution >= 4 is 26.9 Å².